The van der Waals surface area contributed by atoms with Gasteiger partial charge in [-0.1, -0.05) is 35.7 Å². The van der Waals surface area contributed by atoms with Crippen molar-refractivity contribution in [3.63, 3.8) is 0 Å². The fourth-order valence-electron chi connectivity index (χ4n) is 1.63. The number of carbonyl (C=O) groups is 2. The summed E-state index contributed by atoms with van der Waals surface area (Å²) in [5, 5.41) is 0. The van der Waals surface area contributed by atoms with Gasteiger partial charge >= 0.3 is 0 Å². The van der Waals surface area contributed by atoms with Crippen LogP contribution in [0.15, 0.2) is 22.7 Å². The number of aryl methyl sites for hydroxylation is 1. The molecule has 0 bridgehead atoms. The molecule has 2 N–H and O–H groups in total. The van der Waals surface area contributed by atoms with Gasteiger partial charge in [-0.15, -0.1) is 0 Å². The summed E-state index contributed by atoms with van der Waals surface area (Å²) < 4.78 is 6.34. The predicted octanol–water partition coefficient (Wildman–Crippen LogP) is 2.86. The zero-order chi connectivity index (χ0) is 15.7. The number of hydrogen-bond donors (Lipinski definition) is 2. The van der Waals surface area contributed by atoms with Gasteiger partial charge in [-0.05, 0) is 37.1 Å². The Bertz CT molecular complexity index is 492. The van der Waals surface area contributed by atoms with E-state index in [1.807, 2.05) is 19.1 Å². The highest BCUT2D eigenvalue weighted by atomic mass is 79.9. The summed E-state index contributed by atoms with van der Waals surface area (Å²) in [4.78, 5) is 22.9. The number of unbranched alkanes of at least 4 members (excludes halogenated alkanes) is 2. The molecule has 0 spiro atoms. The highest BCUT2D eigenvalue weighted by molar-refractivity contribution is 9.10. The molecular formula is C15H21BrN2O3. The number of hydrazine groups is 1. The number of ether oxygens (including phenoxy) is 1. The van der Waals surface area contributed by atoms with Crippen LogP contribution < -0.4 is 15.6 Å². The topological polar surface area (TPSA) is 67.4 Å². The lowest BCUT2D eigenvalue weighted by Crippen LogP contribution is -2.43. The van der Waals surface area contributed by atoms with Gasteiger partial charge < -0.3 is 4.74 Å². The smallest absolute Gasteiger partial charge is 0.276 e. The minimum Gasteiger partial charge on any atom is -0.484 e. The van der Waals surface area contributed by atoms with Crippen LogP contribution in [0.5, 0.6) is 5.75 Å². The van der Waals surface area contributed by atoms with Crippen molar-refractivity contribution in [3.8, 4) is 5.75 Å². The number of carbonyl (C=O) groups excluding carboxylic acids is 2. The van der Waals surface area contributed by atoms with E-state index in [1.165, 1.54) is 0 Å². The molecule has 0 saturated heterocycles. The van der Waals surface area contributed by atoms with E-state index in [0.717, 1.165) is 29.3 Å². The molecule has 0 aliphatic heterocycles. The summed E-state index contributed by atoms with van der Waals surface area (Å²) in [6.07, 6.45) is 3.31. The molecule has 0 aliphatic carbocycles. The van der Waals surface area contributed by atoms with Crippen LogP contribution in [0.4, 0.5) is 0 Å². The summed E-state index contributed by atoms with van der Waals surface area (Å²) in [7, 11) is 0. The maximum atomic E-state index is 11.5. The van der Waals surface area contributed by atoms with E-state index >= 15 is 0 Å². The van der Waals surface area contributed by atoms with Crippen molar-refractivity contribution in [2.24, 2.45) is 0 Å². The molecule has 5 nitrogen and oxygen atoms in total. The largest absolute Gasteiger partial charge is 0.484 e. The van der Waals surface area contributed by atoms with E-state index in [0.29, 0.717) is 12.2 Å². The van der Waals surface area contributed by atoms with E-state index in [2.05, 4.69) is 33.7 Å². The van der Waals surface area contributed by atoms with E-state index in [-0.39, 0.29) is 18.4 Å². The monoisotopic (exact) mass is 356 g/mol. The van der Waals surface area contributed by atoms with Gasteiger partial charge in [0.25, 0.3) is 5.91 Å². The number of amides is 2. The van der Waals surface area contributed by atoms with Gasteiger partial charge in [0, 0.05) is 10.9 Å². The lowest BCUT2D eigenvalue weighted by molar-refractivity contribution is -0.130. The number of nitrogens with one attached hydrogen (secondary N) is 2. The molecule has 1 rings (SSSR count). The predicted molar refractivity (Wildman–Crippen MR) is 84.8 cm³/mol. The van der Waals surface area contributed by atoms with Crippen molar-refractivity contribution >= 4 is 27.7 Å². The van der Waals surface area contributed by atoms with Crippen LogP contribution in [0.1, 0.15) is 38.2 Å². The Labute approximate surface area is 133 Å². The van der Waals surface area contributed by atoms with Crippen molar-refractivity contribution in [1.82, 2.24) is 10.9 Å². The molecule has 0 saturated carbocycles. The molecule has 116 valence electrons. The Kier molecular flexibility index (Phi) is 7.82. The van der Waals surface area contributed by atoms with Gasteiger partial charge in [0.1, 0.15) is 5.75 Å². The van der Waals surface area contributed by atoms with Crippen LogP contribution in [0, 0.1) is 6.92 Å². The minimum absolute atomic E-state index is 0.143. The van der Waals surface area contributed by atoms with Crippen molar-refractivity contribution in [2.75, 3.05) is 6.61 Å². The maximum absolute atomic E-state index is 11.5. The fourth-order valence-corrected chi connectivity index (χ4v) is 1.88. The third-order valence-electron chi connectivity index (χ3n) is 2.85. The van der Waals surface area contributed by atoms with Crippen molar-refractivity contribution in [1.29, 1.82) is 0 Å². The molecule has 0 aliphatic rings. The van der Waals surface area contributed by atoms with Gasteiger partial charge in [0.2, 0.25) is 5.91 Å². The second-order valence-corrected chi connectivity index (χ2v) is 5.61. The summed E-state index contributed by atoms with van der Waals surface area (Å²) in [5.41, 5.74) is 5.73. The third kappa shape index (κ3) is 7.13. The zero-order valence-corrected chi connectivity index (χ0v) is 14.0. The lowest BCUT2D eigenvalue weighted by Gasteiger charge is -2.09. The Morgan fingerprint density at radius 1 is 1.19 bits per heavy atom. The molecule has 0 heterocycles. The Morgan fingerprint density at radius 3 is 2.57 bits per heavy atom. The molecule has 1 aromatic carbocycles. The van der Waals surface area contributed by atoms with Gasteiger partial charge in [-0.3, -0.25) is 20.4 Å². The van der Waals surface area contributed by atoms with Gasteiger partial charge in [-0.25, -0.2) is 0 Å². The molecule has 21 heavy (non-hydrogen) atoms. The summed E-state index contributed by atoms with van der Waals surface area (Å²) in [6.45, 7) is 3.87. The number of rotatable bonds is 7. The van der Waals surface area contributed by atoms with E-state index in [9.17, 15) is 9.59 Å². The average Bonchev–Trinajstić information content (AvgIpc) is 2.46. The molecule has 1 aromatic rings. The zero-order valence-electron chi connectivity index (χ0n) is 12.4. The number of hydrogen-bond acceptors (Lipinski definition) is 3. The van der Waals surface area contributed by atoms with Crippen molar-refractivity contribution in [2.45, 2.75) is 39.5 Å². The molecule has 0 atom stereocenters. The van der Waals surface area contributed by atoms with Crippen molar-refractivity contribution < 1.29 is 14.3 Å². The molecule has 0 radical (unpaired) electrons. The summed E-state index contributed by atoms with van der Waals surface area (Å²) in [5.74, 6) is 0.0378. The first-order valence-electron chi connectivity index (χ1n) is 6.99. The van der Waals surface area contributed by atoms with E-state index in [4.69, 9.17) is 4.74 Å². The second-order valence-electron chi connectivity index (χ2n) is 4.75. The Morgan fingerprint density at radius 2 is 1.90 bits per heavy atom. The lowest BCUT2D eigenvalue weighted by atomic mass is 10.2. The van der Waals surface area contributed by atoms with Crippen LogP contribution in [-0.4, -0.2) is 18.4 Å². The Balaban J connectivity index is 2.24. The first kappa shape index (κ1) is 17.5. The van der Waals surface area contributed by atoms with Crippen LogP contribution in [0.2, 0.25) is 0 Å². The summed E-state index contributed by atoms with van der Waals surface area (Å²) >= 11 is 3.39. The molecule has 0 fully saturated rings. The van der Waals surface area contributed by atoms with Crippen molar-refractivity contribution in [3.05, 3.63) is 28.2 Å². The van der Waals surface area contributed by atoms with Gasteiger partial charge in [0.05, 0.1) is 0 Å². The molecule has 0 aromatic heterocycles. The molecule has 2 amide bonds. The van der Waals surface area contributed by atoms with E-state index in [1.54, 1.807) is 6.07 Å². The quantitative estimate of drug-likeness (QED) is 0.583. The van der Waals surface area contributed by atoms with E-state index < -0.39 is 0 Å². The highest BCUT2D eigenvalue weighted by Crippen LogP contribution is 2.21. The van der Waals surface area contributed by atoms with Crippen LogP contribution >= 0.6 is 15.9 Å². The average molecular weight is 357 g/mol. The Hall–Kier alpha value is -1.56. The third-order valence-corrected chi connectivity index (χ3v) is 3.74. The molecule has 0 unspecified atom stereocenters. The molecule has 6 heteroatoms. The van der Waals surface area contributed by atoms with Crippen LogP contribution in [0.25, 0.3) is 0 Å². The second kappa shape index (κ2) is 9.39. The standard InChI is InChI=1S/C15H21BrN2O3/c1-3-4-5-6-14(19)17-18-15(20)10-21-12-7-8-13(16)11(2)9-12/h7-9H,3-6,10H2,1-2H3,(H,17,19)(H,18,20). The van der Waals surface area contributed by atoms with Gasteiger partial charge in [-0.2, -0.15) is 0 Å². The maximum Gasteiger partial charge on any atom is 0.276 e. The summed E-state index contributed by atoms with van der Waals surface area (Å²) in [6, 6.07) is 5.46. The normalized spacial score (nSPS) is 10.0. The first-order valence-corrected chi connectivity index (χ1v) is 7.79. The SMILES string of the molecule is CCCCCC(=O)NNC(=O)COc1ccc(Br)c(C)c1. The van der Waals surface area contributed by atoms with Crippen LogP contribution in [-0.2, 0) is 9.59 Å². The van der Waals surface area contributed by atoms with Crippen LogP contribution in [0.3, 0.4) is 0 Å². The minimum atomic E-state index is -0.389. The number of halogens is 1. The number of benzene rings is 1. The fraction of sp³-hybridized carbons (Fsp3) is 0.467. The molecular weight excluding hydrogens is 336 g/mol. The highest BCUT2D eigenvalue weighted by Gasteiger charge is 2.06. The first-order chi connectivity index (χ1) is 10.0. The van der Waals surface area contributed by atoms with Gasteiger partial charge in [0.15, 0.2) is 6.61 Å².